The van der Waals surface area contributed by atoms with E-state index < -0.39 is 24.3 Å². The molecule has 3 rings (SSSR count). The van der Waals surface area contributed by atoms with Gasteiger partial charge >= 0.3 is 11.9 Å². The van der Waals surface area contributed by atoms with Crippen LogP contribution in [-0.2, 0) is 18.9 Å². The molecule has 0 spiro atoms. The molecule has 2 aromatic carbocycles. The first kappa shape index (κ1) is 19.1. The first-order valence-corrected chi connectivity index (χ1v) is 8.80. The van der Waals surface area contributed by atoms with E-state index in [-0.39, 0.29) is 19.1 Å². The molecule has 3 atom stereocenters. The van der Waals surface area contributed by atoms with Crippen LogP contribution in [0.5, 0.6) is 0 Å². The number of ether oxygens (including phenoxy) is 4. The van der Waals surface area contributed by atoms with Crippen molar-refractivity contribution in [2.45, 2.75) is 18.8 Å². The van der Waals surface area contributed by atoms with Crippen LogP contribution in [0.15, 0.2) is 60.7 Å². The summed E-state index contributed by atoms with van der Waals surface area (Å²) >= 11 is 0. The van der Waals surface area contributed by atoms with Crippen LogP contribution >= 0.6 is 0 Å². The number of esters is 2. The van der Waals surface area contributed by atoms with Gasteiger partial charge in [-0.1, -0.05) is 36.4 Å². The quantitative estimate of drug-likeness (QED) is 0.698. The zero-order valence-electron chi connectivity index (χ0n) is 15.1. The molecule has 1 heterocycles. The molecule has 1 aliphatic heterocycles. The Balaban J connectivity index is 1.54. The van der Waals surface area contributed by atoms with Crippen LogP contribution in [0.1, 0.15) is 27.1 Å². The van der Waals surface area contributed by atoms with Gasteiger partial charge in [0.05, 0.1) is 17.7 Å². The topological polar surface area (TPSA) is 71.1 Å². The van der Waals surface area contributed by atoms with Crippen LogP contribution in [0.3, 0.4) is 0 Å². The van der Waals surface area contributed by atoms with Gasteiger partial charge in [0.2, 0.25) is 0 Å². The van der Waals surface area contributed by atoms with Crippen molar-refractivity contribution in [1.29, 1.82) is 0 Å². The van der Waals surface area contributed by atoms with Gasteiger partial charge in [-0.3, -0.25) is 0 Å². The van der Waals surface area contributed by atoms with E-state index >= 15 is 0 Å². The maximum Gasteiger partial charge on any atom is 0.338 e. The molecule has 0 aromatic heterocycles. The van der Waals surface area contributed by atoms with E-state index in [0.29, 0.717) is 17.5 Å². The summed E-state index contributed by atoms with van der Waals surface area (Å²) in [6, 6.07) is 17.5. The summed E-state index contributed by atoms with van der Waals surface area (Å²) in [6.07, 6.45) is -0.247. The van der Waals surface area contributed by atoms with Crippen LogP contribution in [-0.4, -0.2) is 44.7 Å². The molecule has 0 N–H and O–H groups in total. The normalized spacial score (nSPS) is 21.6. The maximum atomic E-state index is 12.1. The van der Waals surface area contributed by atoms with Gasteiger partial charge in [-0.25, -0.2) is 9.59 Å². The van der Waals surface area contributed by atoms with E-state index in [1.165, 1.54) is 0 Å². The summed E-state index contributed by atoms with van der Waals surface area (Å²) in [6.45, 7) is 0.238. The first-order chi connectivity index (χ1) is 13.2. The van der Waals surface area contributed by atoms with Crippen molar-refractivity contribution in [3.05, 3.63) is 71.8 Å². The van der Waals surface area contributed by atoms with Gasteiger partial charge in [-0.15, -0.1) is 0 Å². The molecule has 27 heavy (non-hydrogen) atoms. The fourth-order valence-corrected chi connectivity index (χ4v) is 2.92. The number of carbonyl (C=O) groups excluding carboxylic acids is 2. The van der Waals surface area contributed by atoms with Gasteiger partial charge in [0.1, 0.15) is 12.7 Å². The summed E-state index contributed by atoms with van der Waals surface area (Å²) in [5.41, 5.74) is 0.970. The standard InChI is InChI=1S/C21H22O6/c1-24-19-12-17(13-25-20(22)15-8-4-2-5-9-15)18(27-19)14-26-21(23)16-10-6-3-7-11-16/h2-11,17-19H,12-14H2,1H3/t17-,18+,19?/m1/s1. The van der Waals surface area contributed by atoms with Crippen LogP contribution in [0.4, 0.5) is 0 Å². The fraction of sp³-hybridized carbons (Fsp3) is 0.333. The van der Waals surface area contributed by atoms with Gasteiger partial charge in [0.15, 0.2) is 6.29 Å². The molecular weight excluding hydrogens is 348 g/mol. The summed E-state index contributed by atoms with van der Waals surface area (Å²) < 4.78 is 21.8. The number of hydrogen-bond donors (Lipinski definition) is 0. The molecule has 6 heteroatoms. The molecule has 1 fully saturated rings. The minimum Gasteiger partial charge on any atom is -0.462 e. The first-order valence-electron chi connectivity index (χ1n) is 8.80. The van der Waals surface area contributed by atoms with Crippen molar-refractivity contribution in [2.24, 2.45) is 5.92 Å². The molecule has 0 aliphatic carbocycles. The zero-order chi connectivity index (χ0) is 19.1. The molecule has 142 valence electrons. The molecule has 1 unspecified atom stereocenters. The predicted octanol–water partition coefficient (Wildman–Crippen LogP) is 3.08. The lowest BCUT2D eigenvalue weighted by Crippen LogP contribution is -2.28. The van der Waals surface area contributed by atoms with Gasteiger partial charge < -0.3 is 18.9 Å². The molecule has 6 nitrogen and oxygen atoms in total. The maximum absolute atomic E-state index is 12.1. The molecule has 0 bridgehead atoms. The SMILES string of the molecule is COC1C[C@H](COC(=O)c2ccccc2)[C@H](COC(=O)c2ccccc2)O1. The van der Waals surface area contributed by atoms with Crippen LogP contribution in [0, 0.1) is 5.92 Å². The minimum atomic E-state index is -0.417. The highest BCUT2D eigenvalue weighted by atomic mass is 16.7. The van der Waals surface area contributed by atoms with E-state index in [1.807, 2.05) is 12.1 Å². The highest BCUT2D eigenvalue weighted by Crippen LogP contribution is 2.28. The predicted molar refractivity (Wildman–Crippen MR) is 97.2 cm³/mol. The van der Waals surface area contributed by atoms with Gasteiger partial charge in [-0.2, -0.15) is 0 Å². The third-order valence-electron chi connectivity index (χ3n) is 4.44. The Morgan fingerprint density at radius 1 is 0.889 bits per heavy atom. The van der Waals surface area contributed by atoms with E-state index in [4.69, 9.17) is 18.9 Å². The van der Waals surface area contributed by atoms with Crippen LogP contribution < -0.4 is 0 Å². The summed E-state index contributed by atoms with van der Waals surface area (Å²) in [4.78, 5) is 24.2. The van der Waals surface area contributed by atoms with E-state index in [2.05, 4.69) is 0 Å². The van der Waals surface area contributed by atoms with Crippen LogP contribution in [0.25, 0.3) is 0 Å². The van der Waals surface area contributed by atoms with Crippen molar-refractivity contribution >= 4 is 11.9 Å². The third kappa shape index (κ3) is 5.15. The van der Waals surface area contributed by atoms with Crippen molar-refractivity contribution in [1.82, 2.24) is 0 Å². The lowest BCUT2D eigenvalue weighted by molar-refractivity contribution is -0.126. The third-order valence-corrected chi connectivity index (χ3v) is 4.44. The Morgan fingerprint density at radius 2 is 1.41 bits per heavy atom. The Morgan fingerprint density at radius 3 is 1.93 bits per heavy atom. The zero-order valence-corrected chi connectivity index (χ0v) is 15.1. The van der Waals surface area contributed by atoms with E-state index in [9.17, 15) is 9.59 Å². The lowest BCUT2D eigenvalue weighted by Gasteiger charge is -2.18. The molecule has 0 saturated carbocycles. The van der Waals surface area contributed by atoms with E-state index in [1.54, 1.807) is 55.6 Å². The monoisotopic (exact) mass is 370 g/mol. The van der Waals surface area contributed by atoms with Crippen molar-refractivity contribution in [2.75, 3.05) is 20.3 Å². The summed E-state index contributed by atoms with van der Waals surface area (Å²) in [5, 5.41) is 0. The number of methoxy groups -OCH3 is 1. The molecule has 1 saturated heterocycles. The average Bonchev–Trinajstić information content (AvgIpc) is 3.13. The Bertz CT molecular complexity index is 682. The number of rotatable bonds is 7. The van der Waals surface area contributed by atoms with Gasteiger partial charge in [-0.05, 0) is 24.3 Å². The summed E-state index contributed by atoms with van der Waals surface area (Å²) in [5.74, 6) is -0.928. The minimum absolute atomic E-state index is 0.0706. The molecule has 0 amide bonds. The van der Waals surface area contributed by atoms with Crippen molar-refractivity contribution in [3.8, 4) is 0 Å². The Labute approximate surface area is 158 Å². The average molecular weight is 370 g/mol. The van der Waals surface area contributed by atoms with Crippen molar-refractivity contribution in [3.63, 3.8) is 0 Å². The number of carbonyl (C=O) groups is 2. The molecule has 0 radical (unpaired) electrons. The smallest absolute Gasteiger partial charge is 0.338 e. The molecule has 2 aromatic rings. The fourth-order valence-electron chi connectivity index (χ4n) is 2.92. The second kappa shape index (κ2) is 9.30. The number of benzene rings is 2. The van der Waals surface area contributed by atoms with Gasteiger partial charge in [0.25, 0.3) is 0 Å². The summed E-state index contributed by atoms with van der Waals surface area (Å²) in [7, 11) is 1.55. The largest absolute Gasteiger partial charge is 0.462 e. The second-order valence-electron chi connectivity index (χ2n) is 6.26. The van der Waals surface area contributed by atoms with E-state index in [0.717, 1.165) is 0 Å². The van der Waals surface area contributed by atoms with Crippen LogP contribution in [0.2, 0.25) is 0 Å². The number of hydrogen-bond acceptors (Lipinski definition) is 6. The highest BCUT2D eigenvalue weighted by Gasteiger charge is 2.37. The Hall–Kier alpha value is -2.70. The lowest BCUT2D eigenvalue weighted by atomic mass is 10.0. The van der Waals surface area contributed by atoms with Crippen molar-refractivity contribution < 1.29 is 28.5 Å². The highest BCUT2D eigenvalue weighted by molar-refractivity contribution is 5.89. The second-order valence-corrected chi connectivity index (χ2v) is 6.26. The Kier molecular flexibility index (Phi) is 6.57. The molecular formula is C21H22O6. The van der Waals surface area contributed by atoms with Gasteiger partial charge in [0, 0.05) is 19.4 Å². The molecule has 1 aliphatic rings.